The predicted molar refractivity (Wildman–Crippen MR) is 209 cm³/mol. The number of rotatable bonds is 15. The third-order valence-corrected chi connectivity index (χ3v) is 14.4. The summed E-state index contributed by atoms with van der Waals surface area (Å²) in [4.78, 5) is 12.9. The molecular formula is C40H53N3O6SSi. The quantitative estimate of drug-likeness (QED) is 0.0625. The minimum atomic E-state index is -3.60. The molecule has 1 atom stereocenters. The lowest BCUT2D eigenvalue weighted by molar-refractivity contribution is -0.120. The molecule has 0 saturated carbocycles. The van der Waals surface area contributed by atoms with E-state index in [4.69, 9.17) is 4.43 Å². The highest BCUT2D eigenvalue weighted by Gasteiger charge is 2.40. The fourth-order valence-electron chi connectivity index (χ4n) is 5.54. The molecule has 0 aliphatic heterocycles. The van der Waals surface area contributed by atoms with Crippen molar-refractivity contribution in [3.63, 3.8) is 0 Å². The topological polar surface area (TPSA) is 137 Å². The number of sulfonamides is 1. The minimum Gasteiger partial charge on any atom is -0.508 e. The van der Waals surface area contributed by atoms with Gasteiger partial charge in [-0.2, -0.15) is 0 Å². The Kier molecular flexibility index (Phi) is 12.4. The van der Waals surface area contributed by atoms with Crippen LogP contribution < -0.4 is 15.4 Å². The van der Waals surface area contributed by atoms with Gasteiger partial charge < -0.3 is 25.3 Å². The normalized spacial score (nSPS) is 13.1. The van der Waals surface area contributed by atoms with Crippen LogP contribution in [0.5, 0.6) is 11.5 Å². The number of nitrogens with one attached hydrogen (secondary N) is 3. The Bertz CT molecular complexity index is 1920. The number of benzene rings is 4. The molecule has 0 fully saturated rings. The zero-order valence-corrected chi connectivity index (χ0v) is 32.8. The summed E-state index contributed by atoms with van der Waals surface area (Å²) < 4.78 is 33.2. The number of phenolic OH excluding ortho intramolecular Hbond substituents is 2. The van der Waals surface area contributed by atoms with Crippen LogP contribution in [0.15, 0.2) is 91.0 Å². The zero-order chi connectivity index (χ0) is 37.6. The molecule has 0 radical (unpaired) electrons. The predicted octanol–water partition coefficient (Wildman–Crippen LogP) is 7.67. The van der Waals surface area contributed by atoms with Gasteiger partial charge in [0.1, 0.15) is 11.5 Å². The van der Waals surface area contributed by atoms with Gasteiger partial charge in [-0.25, -0.2) is 8.42 Å². The van der Waals surface area contributed by atoms with Gasteiger partial charge in [0.15, 0.2) is 8.32 Å². The molecule has 9 nitrogen and oxygen atoms in total. The van der Waals surface area contributed by atoms with Crippen molar-refractivity contribution in [3.8, 4) is 22.6 Å². The molecular weight excluding hydrogens is 679 g/mol. The summed E-state index contributed by atoms with van der Waals surface area (Å²) in [5.74, 6) is 0.00288. The maximum atomic E-state index is 12.9. The van der Waals surface area contributed by atoms with E-state index in [0.717, 1.165) is 39.6 Å². The number of carbonyl (C=O) groups excluding carboxylic acids is 1. The molecule has 0 saturated heterocycles. The van der Waals surface area contributed by atoms with Crippen LogP contribution in [-0.2, 0) is 38.6 Å². The van der Waals surface area contributed by atoms with Gasteiger partial charge in [-0.05, 0) is 96.0 Å². The molecule has 4 aromatic rings. The summed E-state index contributed by atoms with van der Waals surface area (Å²) in [7, 11) is -5.86. The molecule has 5 N–H and O–H groups in total. The highest BCUT2D eigenvalue weighted by Crippen LogP contribution is 2.40. The maximum absolute atomic E-state index is 12.9. The molecule has 4 rings (SSSR count). The molecule has 11 heteroatoms. The first-order valence-electron chi connectivity index (χ1n) is 17.2. The van der Waals surface area contributed by atoms with Gasteiger partial charge in [-0.15, -0.1) is 0 Å². The lowest BCUT2D eigenvalue weighted by Gasteiger charge is -2.40. The Hall–Kier alpha value is -4.16. The van der Waals surface area contributed by atoms with Gasteiger partial charge in [0.05, 0.1) is 24.5 Å². The molecule has 0 aliphatic rings. The zero-order valence-electron chi connectivity index (χ0n) is 31.0. The van der Waals surface area contributed by atoms with Crippen molar-refractivity contribution in [2.45, 2.75) is 83.8 Å². The lowest BCUT2D eigenvalue weighted by Crippen LogP contribution is -2.47. The number of aromatic hydroxyl groups is 2. The monoisotopic (exact) mass is 731 g/mol. The third kappa shape index (κ3) is 12.0. The maximum Gasteiger partial charge on any atom is 0.229 e. The molecule has 0 bridgehead atoms. The Morgan fingerprint density at radius 3 is 2.14 bits per heavy atom. The fraction of sp³-hybridized carbons (Fsp3) is 0.375. The van der Waals surface area contributed by atoms with Crippen LogP contribution in [-0.4, -0.2) is 51.2 Å². The van der Waals surface area contributed by atoms with E-state index in [9.17, 15) is 23.4 Å². The fourth-order valence-corrected chi connectivity index (χ4v) is 7.38. The molecule has 51 heavy (non-hydrogen) atoms. The minimum absolute atomic E-state index is 0.0586. The molecule has 0 aliphatic carbocycles. The van der Waals surface area contributed by atoms with Crippen LogP contribution in [0, 0.1) is 0 Å². The van der Waals surface area contributed by atoms with Crippen molar-refractivity contribution in [2.24, 2.45) is 0 Å². The van der Waals surface area contributed by atoms with Gasteiger partial charge >= 0.3 is 0 Å². The van der Waals surface area contributed by atoms with E-state index >= 15 is 0 Å². The highest BCUT2D eigenvalue weighted by molar-refractivity contribution is 7.92. The first-order valence-corrected chi connectivity index (χ1v) is 22.0. The number of hydrogen-bond donors (Lipinski definition) is 5. The SMILES string of the molecule is CC(C)(Cc1cccc(CC(=O)NCc2ccc(-c3cccc(O)c3)cc2)c1)NC[C@H](O[Si](C)(C)C(C)(C)C)c1ccc(O)c(NS(C)(=O)=O)c1. The van der Waals surface area contributed by atoms with E-state index in [0.29, 0.717) is 19.5 Å². The first-order chi connectivity index (χ1) is 23.7. The number of phenols is 2. The summed E-state index contributed by atoms with van der Waals surface area (Å²) in [5.41, 5.74) is 5.43. The van der Waals surface area contributed by atoms with Crippen molar-refractivity contribution in [2.75, 3.05) is 17.5 Å². The van der Waals surface area contributed by atoms with Crippen molar-refractivity contribution in [3.05, 3.63) is 113 Å². The van der Waals surface area contributed by atoms with Gasteiger partial charge in [0, 0.05) is 18.6 Å². The van der Waals surface area contributed by atoms with Gasteiger partial charge in [-0.3, -0.25) is 9.52 Å². The second-order valence-electron chi connectivity index (χ2n) is 15.5. The first kappa shape index (κ1) is 39.6. The second-order valence-corrected chi connectivity index (χ2v) is 22.0. The number of anilines is 1. The molecule has 0 aromatic heterocycles. The molecule has 0 spiro atoms. The largest absolute Gasteiger partial charge is 0.508 e. The van der Waals surface area contributed by atoms with Crippen molar-refractivity contribution < 1.29 is 27.9 Å². The molecule has 4 aromatic carbocycles. The van der Waals surface area contributed by atoms with Gasteiger partial charge in [-0.1, -0.05) is 87.5 Å². The third-order valence-electron chi connectivity index (χ3n) is 9.32. The summed E-state index contributed by atoms with van der Waals surface area (Å²) in [6.45, 7) is 16.0. The van der Waals surface area contributed by atoms with E-state index in [1.165, 1.54) is 6.07 Å². The lowest BCUT2D eigenvalue weighted by atomic mass is 9.93. The van der Waals surface area contributed by atoms with Crippen LogP contribution in [0.4, 0.5) is 5.69 Å². The summed E-state index contributed by atoms with van der Waals surface area (Å²) in [5, 5.41) is 26.8. The Balaban J connectivity index is 1.39. The van der Waals surface area contributed by atoms with E-state index < -0.39 is 24.4 Å². The number of hydrogen-bond acceptors (Lipinski definition) is 7. The van der Waals surface area contributed by atoms with Crippen molar-refractivity contribution in [1.29, 1.82) is 0 Å². The van der Waals surface area contributed by atoms with E-state index in [1.807, 2.05) is 48.5 Å². The summed E-state index contributed by atoms with van der Waals surface area (Å²) in [6.07, 6.45) is 1.60. The van der Waals surface area contributed by atoms with Crippen molar-refractivity contribution in [1.82, 2.24) is 10.6 Å². The number of amides is 1. The van der Waals surface area contributed by atoms with Crippen LogP contribution in [0.3, 0.4) is 0 Å². The highest BCUT2D eigenvalue weighted by atomic mass is 32.2. The summed E-state index contributed by atoms with van der Waals surface area (Å²) in [6, 6.07) is 28.0. The molecule has 0 heterocycles. The Morgan fingerprint density at radius 2 is 1.49 bits per heavy atom. The van der Waals surface area contributed by atoms with Crippen LogP contribution in [0.2, 0.25) is 18.1 Å². The number of carbonyl (C=O) groups is 1. The van der Waals surface area contributed by atoms with E-state index in [2.05, 4.69) is 75.2 Å². The molecule has 1 amide bonds. The summed E-state index contributed by atoms with van der Waals surface area (Å²) >= 11 is 0. The second kappa shape index (κ2) is 16.0. The van der Waals surface area contributed by atoms with Crippen LogP contribution in [0.1, 0.15) is 63.0 Å². The van der Waals surface area contributed by atoms with E-state index in [1.54, 1.807) is 24.3 Å². The van der Waals surface area contributed by atoms with Crippen LogP contribution in [0.25, 0.3) is 11.1 Å². The molecule has 0 unspecified atom stereocenters. The van der Waals surface area contributed by atoms with E-state index in [-0.39, 0.29) is 40.1 Å². The van der Waals surface area contributed by atoms with Crippen molar-refractivity contribution >= 4 is 29.9 Å². The van der Waals surface area contributed by atoms with Gasteiger partial charge in [0.25, 0.3) is 0 Å². The average molecular weight is 732 g/mol. The Labute approximate surface area is 304 Å². The van der Waals surface area contributed by atoms with Crippen LogP contribution >= 0.6 is 0 Å². The standard InChI is InChI=1S/C40H53N3O6SSi/c1-39(2,3)51(7,8)49-37(33-19-20-36(45)35(24-33)43-50(6,47)48)27-42-40(4,5)25-30-12-9-11-29(21-30)22-38(46)41-26-28-15-17-31(18-16-28)32-13-10-14-34(44)23-32/h9-21,23-24,37,42-45H,22,25-27H2,1-8H3,(H,41,46)/t37-/m0/s1. The smallest absolute Gasteiger partial charge is 0.229 e. The van der Waals surface area contributed by atoms with Gasteiger partial charge in [0.2, 0.25) is 15.9 Å². The molecule has 274 valence electrons. The average Bonchev–Trinajstić information content (AvgIpc) is 3.02. The Morgan fingerprint density at radius 1 is 0.824 bits per heavy atom.